The van der Waals surface area contributed by atoms with Crippen molar-refractivity contribution in [3.63, 3.8) is 0 Å². The molecule has 0 aliphatic heterocycles. The highest BCUT2D eigenvalue weighted by Crippen LogP contribution is 2.34. The number of benzene rings is 1. The number of nitrogens with one attached hydrogen (secondary N) is 3. The minimum Gasteiger partial charge on any atom is -0.333 e. The van der Waals surface area contributed by atoms with E-state index in [1.54, 1.807) is 27.7 Å². The summed E-state index contributed by atoms with van der Waals surface area (Å²) in [6.07, 6.45) is -4.60. The molecule has 1 aromatic carbocycles. The Morgan fingerprint density at radius 3 is 2.11 bits per heavy atom. The van der Waals surface area contributed by atoms with Crippen LogP contribution in [0.25, 0.3) is 0 Å². The van der Waals surface area contributed by atoms with Crippen LogP contribution in [-0.2, 0) is 15.8 Å². The van der Waals surface area contributed by atoms with Crippen LogP contribution in [0.4, 0.5) is 23.7 Å². The van der Waals surface area contributed by atoms with Crippen molar-refractivity contribution in [3.05, 3.63) is 29.8 Å². The molecule has 0 bridgehead atoms. The third-order valence-electron chi connectivity index (χ3n) is 3.43. The number of urea groups is 1. The van der Waals surface area contributed by atoms with E-state index in [1.807, 2.05) is 0 Å². The maximum absolute atomic E-state index is 13.0. The minimum atomic E-state index is -4.60. The third kappa shape index (κ3) is 8.38. The van der Waals surface area contributed by atoms with Crippen LogP contribution in [0.3, 0.4) is 0 Å². The first-order valence-corrected chi connectivity index (χ1v) is 8.62. The average molecular weight is 402 g/mol. The number of hydrogen-bond donors (Lipinski definition) is 3. The molecule has 1 aromatic rings. The van der Waals surface area contributed by atoms with Gasteiger partial charge in [-0.2, -0.15) is 13.2 Å². The van der Waals surface area contributed by atoms with E-state index >= 15 is 0 Å². The van der Waals surface area contributed by atoms with E-state index in [9.17, 15) is 27.6 Å². The molecule has 0 aliphatic rings. The SMILES string of the molecule is CCN(CC(=O)NC(=O)NC(C)(C)C)CC(=O)Nc1ccccc1C(F)(F)F. The van der Waals surface area contributed by atoms with E-state index in [0.717, 1.165) is 12.1 Å². The molecule has 0 fully saturated rings. The molecule has 28 heavy (non-hydrogen) atoms. The number of nitrogens with zero attached hydrogens (tertiary/aromatic N) is 1. The molecule has 4 amide bonds. The lowest BCUT2D eigenvalue weighted by molar-refractivity contribution is -0.137. The van der Waals surface area contributed by atoms with Gasteiger partial charge in [-0.3, -0.25) is 19.8 Å². The van der Waals surface area contributed by atoms with Gasteiger partial charge in [0.1, 0.15) is 0 Å². The second-order valence-electron chi connectivity index (χ2n) is 7.15. The van der Waals surface area contributed by atoms with Crippen molar-refractivity contribution >= 4 is 23.5 Å². The van der Waals surface area contributed by atoms with Gasteiger partial charge in [0.25, 0.3) is 0 Å². The van der Waals surface area contributed by atoms with Crippen molar-refractivity contribution in [1.29, 1.82) is 0 Å². The second-order valence-corrected chi connectivity index (χ2v) is 7.15. The molecule has 0 unspecified atom stereocenters. The Morgan fingerprint density at radius 2 is 1.57 bits per heavy atom. The number of carbonyl (C=O) groups excluding carboxylic acids is 3. The first-order chi connectivity index (χ1) is 12.8. The third-order valence-corrected chi connectivity index (χ3v) is 3.43. The van der Waals surface area contributed by atoms with Crippen LogP contribution >= 0.6 is 0 Å². The molecule has 0 atom stereocenters. The predicted molar refractivity (Wildman–Crippen MR) is 98.6 cm³/mol. The van der Waals surface area contributed by atoms with Crippen molar-refractivity contribution in [2.75, 3.05) is 25.0 Å². The van der Waals surface area contributed by atoms with E-state index < -0.39 is 35.1 Å². The standard InChI is InChI=1S/C18H25F3N4O3/c1-5-25(11-15(27)23-16(28)24-17(2,3)4)10-14(26)22-13-9-7-6-8-12(13)18(19,20)21/h6-9H,5,10-11H2,1-4H3,(H,22,26)(H2,23,24,27,28). The molecule has 0 saturated heterocycles. The number of imide groups is 1. The van der Waals surface area contributed by atoms with E-state index in [4.69, 9.17) is 0 Å². The molecule has 0 saturated carbocycles. The van der Waals surface area contributed by atoms with Crippen molar-refractivity contribution in [1.82, 2.24) is 15.5 Å². The summed E-state index contributed by atoms with van der Waals surface area (Å²) in [6, 6.07) is 3.96. The molecule has 0 aromatic heterocycles. The highest BCUT2D eigenvalue weighted by Gasteiger charge is 2.33. The molecular weight excluding hydrogens is 377 g/mol. The first kappa shape index (κ1) is 23.4. The Bertz CT molecular complexity index is 715. The van der Waals surface area contributed by atoms with E-state index in [1.165, 1.54) is 17.0 Å². The molecule has 0 aliphatic carbocycles. The van der Waals surface area contributed by atoms with Gasteiger partial charge in [-0.15, -0.1) is 0 Å². The number of likely N-dealkylation sites (N-methyl/N-ethyl adjacent to an activating group) is 1. The van der Waals surface area contributed by atoms with Crippen LogP contribution in [0.5, 0.6) is 0 Å². The normalized spacial score (nSPS) is 11.9. The van der Waals surface area contributed by atoms with Gasteiger partial charge < -0.3 is 10.6 Å². The zero-order chi connectivity index (χ0) is 21.5. The number of anilines is 1. The highest BCUT2D eigenvalue weighted by atomic mass is 19.4. The highest BCUT2D eigenvalue weighted by molar-refractivity contribution is 5.96. The summed E-state index contributed by atoms with van der Waals surface area (Å²) in [4.78, 5) is 37.1. The minimum absolute atomic E-state index is 0.262. The van der Waals surface area contributed by atoms with Crippen molar-refractivity contribution in [2.45, 2.75) is 39.4 Å². The summed E-state index contributed by atoms with van der Waals surface area (Å²) in [7, 11) is 0. The number of para-hydroxylation sites is 1. The lowest BCUT2D eigenvalue weighted by Gasteiger charge is -2.22. The average Bonchev–Trinajstić information content (AvgIpc) is 2.51. The lowest BCUT2D eigenvalue weighted by Crippen LogP contribution is -2.50. The Labute approximate surface area is 161 Å². The molecule has 0 radical (unpaired) electrons. The molecular formula is C18H25F3N4O3. The first-order valence-electron chi connectivity index (χ1n) is 8.62. The fraction of sp³-hybridized carbons (Fsp3) is 0.500. The smallest absolute Gasteiger partial charge is 0.333 e. The fourth-order valence-corrected chi connectivity index (χ4v) is 2.25. The number of hydrogen-bond acceptors (Lipinski definition) is 4. The van der Waals surface area contributed by atoms with Crippen molar-refractivity contribution < 1.29 is 27.6 Å². The molecule has 0 spiro atoms. The number of amides is 4. The molecule has 3 N–H and O–H groups in total. The number of carbonyl (C=O) groups is 3. The summed E-state index contributed by atoms with van der Waals surface area (Å²) in [5.74, 6) is -1.34. The van der Waals surface area contributed by atoms with E-state index in [2.05, 4.69) is 16.0 Å². The van der Waals surface area contributed by atoms with E-state index in [0.29, 0.717) is 0 Å². The second kappa shape index (κ2) is 9.54. The largest absolute Gasteiger partial charge is 0.418 e. The predicted octanol–water partition coefficient (Wildman–Crippen LogP) is 2.59. The summed E-state index contributed by atoms with van der Waals surface area (Å²) < 4.78 is 39.0. The summed E-state index contributed by atoms with van der Waals surface area (Å²) in [6.45, 7) is 6.64. The quantitative estimate of drug-likeness (QED) is 0.682. The van der Waals surface area contributed by atoms with Crippen LogP contribution in [-0.4, -0.2) is 47.9 Å². The van der Waals surface area contributed by atoms with Gasteiger partial charge >= 0.3 is 12.2 Å². The van der Waals surface area contributed by atoms with Crippen LogP contribution in [0.2, 0.25) is 0 Å². The van der Waals surface area contributed by atoms with Gasteiger partial charge in [-0.25, -0.2) is 4.79 Å². The van der Waals surface area contributed by atoms with Gasteiger partial charge in [-0.05, 0) is 39.4 Å². The molecule has 10 heteroatoms. The van der Waals surface area contributed by atoms with Crippen molar-refractivity contribution in [2.24, 2.45) is 0 Å². The van der Waals surface area contributed by atoms with Crippen LogP contribution in [0, 0.1) is 0 Å². The molecule has 0 heterocycles. The number of alkyl halides is 3. The lowest BCUT2D eigenvalue weighted by atomic mass is 10.1. The van der Waals surface area contributed by atoms with Crippen LogP contribution in [0.1, 0.15) is 33.3 Å². The maximum Gasteiger partial charge on any atom is 0.418 e. The molecule has 1 rings (SSSR count). The van der Waals surface area contributed by atoms with Gasteiger partial charge in [0.15, 0.2) is 0 Å². The van der Waals surface area contributed by atoms with E-state index in [-0.39, 0.29) is 25.3 Å². The Hall–Kier alpha value is -2.62. The number of rotatable bonds is 6. The number of halogens is 3. The Morgan fingerprint density at radius 1 is 1.00 bits per heavy atom. The topological polar surface area (TPSA) is 90.5 Å². The van der Waals surface area contributed by atoms with Gasteiger partial charge in [0, 0.05) is 5.54 Å². The van der Waals surface area contributed by atoms with Crippen molar-refractivity contribution in [3.8, 4) is 0 Å². The zero-order valence-electron chi connectivity index (χ0n) is 16.2. The monoisotopic (exact) mass is 402 g/mol. The van der Waals surface area contributed by atoms with Crippen LogP contribution in [0.15, 0.2) is 24.3 Å². The molecule has 156 valence electrons. The Kier molecular flexibility index (Phi) is 7.98. The van der Waals surface area contributed by atoms with Crippen LogP contribution < -0.4 is 16.0 Å². The Balaban J connectivity index is 2.65. The zero-order valence-corrected chi connectivity index (χ0v) is 16.2. The summed E-state index contributed by atoms with van der Waals surface area (Å²) in [5.41, 5.74) is -1.84. The molecule has 7 nitrogen and oxygen atoms in total. The summed E-state index contributed by atoms with van der Waals surface area (Å²) >= 11 is 0. The van der Waals surface area contributed by atoms with Gasteiger partial charge in [0.05, 0.1) is 24.3 Å². The fourth-order valence-electron chi connectivity index (χ4n) is 2.25. The summed E-state index contributed by atoms with van der Waals surface area (Å²) in [5, 5.41) is 6.92. The van der Waals surface area contributed by atoms with Gasteiger partial charge in [-0.1, -0.05) is 19.1 Å². The maximum atomic E-state index is 13.0. The van der Waals surface area contributed by atoms with Gasteiger partial charge in [0.2, 0.25) is 11.8 Å².